The van der Waals surface area contributed by atoms with Crippen LogP contribution in [0.25, 0.3) is 0 Å². The summed E-state index contributed by atoms with van der Waals surface area (Å²) in [5, 5.41) is 6.77. The summed E-state index contributed by atoms with van der Waals surface area (Å²) in [7, 11) is 0. The molecule has 1 amide bonds. The molecule has 0 aliphatic carbocycles. The number of nitrogens with zero attached hydrogens (tertiary/aromatic N) is 2. The van der Waals surface area contributed by atoms with Gasteiger partial charge in [0.2, 0.25) is 5.95 Å². The zero-order valence-corrected chi connectivity index (χ0v) is 15.7. The Morgan fingerprint density at radius 2 is 1.69 bits per heavy atom. The Labute approximate surface area is 161 Å². The molecule has 3 rings (SSSR count). The predicted octanol–water partition coefficient (Wildman–Crippen LogP) is 5.40. The van der Waals surface area contributed by atoms with Crippen LogP contribution >= 0.6 is 23.2 Å². The summed E-state index contributed by atoms with van der Waals surface area (Å²) >= 11 is 11.9. The van der Waals surface area contributed by atoms with Crippen molar-refractivity contribution < 1.29 is 4.79 Å². The SMILES string of the molecule is Cc1ccc(NC(=O)c2cnc(Nc3ccc(Cl)c(Cl)c3)nc2)c(C)c1. The van der Waals surface area contributed by atoms with E-state index >= 15 is 0 Å². The van der Waals surface area contributed by atoms with Crippen LogP contribution in [0.15, 0.2) is 48.8 Å². The van der Waals surface area contributed by atoms with Gasteiger partial charge in [0, 0.05) is 23.8 Å². The molecule has 0 spiro atoms. The second-order valence-corrected chi connectivity index (χ2v) is 6.64. The topological polar surface area (TPSA) is 66.9 Å². The molecule has 0 radical (unpaired) electrons. The number of hydrogen-bond acceptors (Lipinski definition) is 4. The Kier molecular flexibility index (Phi) is 5.40. The van der Waals surface area contributed by atoms with Gasteiger partial charge in [-0.05, 0) is 43.7 Å². The second kappa shape index (κ2) is 7.72. The first-order chi connectivity index (χ1) is 12.4. The third kappa shape index (κ3) is 4.31. The van der Waals surface area contributed by atoms with Crippen molar-refractivity contribution in [1.29, 1.82) is 0 Å². The zero-order valence-electron chi connectivity index (χ0n) is 14.2. The Balaban J connectivity index is 1.70. The molecule has 0 bridgehead atoms. The van der Waals surface area contributed by atoms with E-state index in [9.17, 15) is 4.79 Å². The van der Waals surface area contributed by atoms with Gasteiger partial charge in [-0.2, -0.15) is 0 Å². The fourth-order valence-corrected chi connectivity index (χ4v) is 2.66. The summed E-state index contributed by atoms with van der Waals surface area (Å²) in [4.78, 5) is 20.7. The van der Waals surface area contributed by atoms with Crippen LogP contribution in [-0.4, -0.2) is 15.9 Å². The van der Waals surface area contributed by atoms with Crippen LogP contribution in [0, 0.1) is 13.8 Å². The molecule has 26 heavy (non-hydrogen) atoms. The van der Waals surface area contributed by atoms with E-state index in [0.29, 0.717) is 27.2 Å². The van der Waals surface area contributed by atoms with E-state index in [1.807, 2.05) is 32.0 Å². The largest absolute Gasteiger partial charge is 0.324 e. The molecule has 132 valence electrons. The lowest BCUT2D eigenvalue weighted by Crippen LogP contribution is -2.14. The van der Waals surface area contributed by atoms with Gasteiger partial charge in [0.1, 0.15) is 0 Å². The summed E-state index contributed by atoms with van der Waals surface area (Å²) in [6.45, 7) is 3.95. The lowest BCUT2D eigenvalue weighted by Gasteiger charge is -2.09. The fourth-order valence-electron chi connectivity index (χ4n) is 2.36. The number of benzene rings is 2. The third-order valence-corrected chi connectivity index (χ3v) is 4.46. The Bertz CT molecular complexity index is 958. The first kappa shape index (κ1) is 18.2. The van der Waals surface area contributed by atoms with E-state index in [4.69, 9.17) is 23.2 Å². The third-order valence-electron chi connectivity index (χ3n) is 3.72. The molecule has 1 aromatic heterocycles. The number of anilines is 3. The Hall–Kier alpha value is -2.63. The molecule has 0 fully saturated rings. The smallest absolute Gasteiger partial charge is 0.258 e. The molecule has 1 heterocycles. The van der Waals surface area contributed by atoms with Crippen molar-refractivity contribution in [2.45, 2.75) is 13.8 Å². The first-order valence-corrected chi connectivity index (χ1v) is 8.61. The standard InChI is InChI=1S/C19H16Cl2N4O/c1-11-3-6-17(12(2)7-11)25-18(26)13-9-22-19(23-10-13)24-14-4-5-15(20)16(21)8-14/h3-10H,1-2H3,(H,25,26)(H,22,23,24). The van der Waals surface area contributed by atoms with Crippen molar-refractivity contribution in [2.75, 3.05) is 10.6 Å². The number of rotatable bonds is 4. The van der Waals surface area contributed by atoms with Gasteiger partial charge in [-0.25, -0.2) is 9.97 Å². The van der Waals surface area contributed by atoms with Crippen molar-refractivity contribution in [1.82, 2.24) is 9.97 Å². The molecule has 0 saturated carbocycles. The zero-order chi connectivity index (χ0) is 18.7. The fraction of sp³-hybridized carbons (Fsp3) is 0.105. The Morgan fingerprint density at radius 1 is 0.962 bits per heavy atom. The van der Waals surface area contributed by atoms with E-state index in [2.05, 4.69) is 20.6 Å². The molecule has 7 heteroatoms. The van der Waals surface area contributed by atoms with Gasteiger partial charge in [0.25, 0.3) is 5.91 Å². The van der Waals surface area contributed by atoms with Crippen LogP contribution in [0.4, 0.5) is 17.3 Å². The second-order valence-electron chi connectivity index (χ2n) is 5.82. The van der Waals surface area contributed by atoms with Crippen molar-refractivity contribution in [2.24, 2.45) is 0 Å². The van der Waals surface area contributed by atoms with Gasteiger partial charge in [0.05, 0.1) is 15.6 Å². The monoisotopic (exact) mass is 386 g/mol. The van der Waals surface area contributed by atoms with Crippen molar-refractivity contribution in [3.8, 4) is 0 Å². The minimum Gasteiger partial charge on any atom is -0.324 e. The van der Waals surface area contributed by atoms with Crippen LogP contribution in [0.2, 0.25) is 10.0 Å². The maximum Gasteiger partial charge on any atom is 0.258 e. The Morgan fingerprint density at radius 3 is 2.35 bits per heavy atom. The molecule has 2 aromatic carbocycles. The van der Waals surface area contributed by atoms with E-state index < -0.39 is 0 Å². The van der Waals surface area contributed by atoms with Crippen LogP contribution < -0.4 is 10.6 Å². The molecule has 0 aliphatic heterocycles. The van der Waals surface area contributed by atoms with Crippen LogP contribution in [0.3, 0.4) is 0 Å². The van der Waals surface area contributed by atoms with Gasteiger partial charge >= 0.3 is 0 Å². The number of amides is 1. The van der Waals surface area contributed by atoms with E-state index in [0.717, 1.165) is 16.8 Å². The maximum atomic E-state index is 12.4. The van der Waals surface area contributed by atoms with Gasteiger partial charge in [-0.3, -0.25) is 4.79 Å². The number of aryl methyl sites for hydroxylation is 2. The molecular weight excluding hydrogens is 371 g/mol. The first-order valence-electron chi connectivity index (χ1n) is 7.85. The highest BCUT2D eigenvalue weighted by atomic mass is 35.5. The summed E-state index contributed by atoms with van der Waals surface area (Å²) in [6.07, 6.45) is 2.93. The maximum absolute atomic E-state index is 12.4. The summed E-state index contributed by atoms with van der Waals surface area (Å²) in [6, 6.07) is 11.0. The van der Waals surface area contributed by atoms with E-state index in [1.165, 1.54) is 12.4 Å². The van der Waals surface area contributed by atoms with Crippen molar-refractivity contribution >= 4 is 46.4 Å². The summed E-state index contributed by atoms with van der Waals surface area (Å²) in [5.74, 6) is 0.0875. The van der Waals surface area contributed by atoms with Crippen molar-refractivity contribution in [3.63, 3.8) is 0 Å². The lowest BCUT2D eigenvalue weighted by molar-refractivity contribution is 0.102. The van der Waals surface area contributed by atoms with Crippen LogP contribution in [-0.2, 0) is 0 Å². The minimum absolute atomic E-state index is 0.266. The number of hydrogen-bond donors (Lipinski definition) is 2. The molecule has 0 aliphatic rings. The molecule has 0 saturated heterocycles. The highest BCUT2D eigenvalue weighted by molar-refractivity contribution is 6.42. The quantitative estimate of drug-likeness (QED) is 0.629. The predicted molar refractivity (Wildman–Crippen MR) is 106 cm³/mol. The van der Waals surface area contributed by atoms with Gasteiger partial charge in [-0.1, -0.05) is 40.9 Å². The van der Waals surface area contributed by atoms with Gasteiger partial charge < -0.3 is 10.6 Å². The van der Waals surface area contributed by atoms with Crippen LogP contribution in [0.1, 0.15) is 21.5 Å². The molecule has 0 atom stereocenters. The average Bonchev–Trinajstić information content (AvgIpc) is 2.61. The minimum atomic E-state index is -0.266. The van der Waals surface area contributed by atoms with Crippen LogP contribution in [0.5, 0.6) is 0 Å². The number of nitrogens with one attached hydrogen (secondary N) is 2. The average molecular weight is 387 g/mol. The lowest BCUT2D eigenvalue weighted by atomic mass is 10.1. The van der Waals surface area contributed by atoms with Crippen molar-refractivity contribution in [3.05, 3.63) is 75.5 Å². The summed E-state index contributed by atoms with van der Waals surface area (Å²) in [5.41, 5.74) is 3.97. The number of carbonyl (C=O) groups excluding carboxylic acids is 1. The molecule has 0 unspecified atom stereocenters. The van der Waals surface area contributed by atoms with E-state index in [1.54, 1.807) is 18.2 Å². The molecule has 3 aromatic rings. The normalized spacial score (nSPS) is 10.5. The van der Waals surface area contributed by atoms with Gasteiger partial charge in [-0.15, -0.1) is 0 Å². The molecule has 5 nitrogen and oxygen atoms in total. The highest BCUT2D eigenvalue weighted by Crippen LogP contribution is 2.26. The number of halogens is 2. The molecule has 2 N–H and O–H groups in total. The highest BCUT2D eigenvalue weighted by Gasteiger charge is 2.10. The van der Waals surface area contributed by atoms with E-state index in [-0.39, 0.29) is 5.91 Å². The molecular formula is C19H16Cl2N4O. The van der Waals surface area contributed by atoms with Gasteiger partial charge in [0.15, 0.2) is 0 Å². The number of carbonyl (C=O) groups is 1. The summed E-state index contributed by atoms with van der Waals surface area (Å²) < 4.78 is 0. The number of aromatic nitrogens is 2.